The average Bonchev–Trinajstić information content (AvgIpc) is 2.83. The van der Waals surface area contributed by atoms with Crippen molar-refractivity contribution in [3.05, 3.63) is 34.9 Å². The first kappa shape index (κ1) is 12.2. The Labute approximate surface area is 110 Å². The summed E-state index contributed by atoms with van der Waals surface area (Å²) in [5.41, 5.74) is 4.16. The van der Waals surface area contributed by atoms with E-state index in [0.717, 1.165) is 5.56 Å². The lowest BCUT2D eigenvalue weighted by atomic mass is 9.84. The minimum atomic E-state index is -0.241. The van der Waals surface area contributed by atoms with Crippen LogP contribution >= 0.6 is 0 Å². The molecule has 0 amide bonds. The number of aliphatic hydroxyl groups excluding tert-OH is 1. The number of hydrogen-bond donors (Lipinski definition) is 1. The second-order valence-electron chi connectivity index (χ2n) is 6.25. The first-order chi connectivity index (χ1) is 8.75. The van der Waals surface area contributed by atoms with Gasteiger partial charge in [-0.1, -0.05) is 38.0 Å². The van der Waals surface area contributed by atoms with Crippen LogP contribution in [0.3, 0.4) is 0 Å². The summed E-state index contributed by atoms with van der Waals surface area (Å²) < 4.78 is 0. The van der Waals surface area contributed by atoms with E-state index in [0.29, 0.717) is 11.8 Å². The molecule has 0 spiro atoms. The van der Waals surface area contributed by atoms with E-state index in [1.165, 1.54) is 56.1 Å². The molecular formula is C17H24O. The minimum Gasteiger partial charge on any atom is -0.388 e. The first-order valence-corrected chi connectivity index (χ1v) is 7.55. The van der Waals surface area contributed by atoms with Crippen molar-refractivity contribution in [3.63, 3.8) is 0 Å². The van der Waals surface area contributed by atoms with Crippen LogP contribution in [0.4, 0.5) is 0 Å². The topological polar surface area (TPSA) is 20.2 Å². The molecule has 3 atom stereocenters. The van der Waals surface area contributed by atoms with Crippen LogP contribution in [0.5, 0.6) is 0 Å². The molecule has 3 unspecified atom stereocenters. The summed E-state index contributed by atoms with van der Waals surface area (Å²) >= 11 is 0. The Morgan fingerprint density at radius 1 is 1.06 bits per heavy atom. The van der Waals surface area contributed by atoms with Crippen molar-refractivity contribution in [2.24, 2.45) is 11.8 Å². The number of fused-ring (bicyclic) bond motifs is 1. The van der Waals surface area contributed by atoms with Crippen molar-refractivity contribution < 1.29 is 5.11 Å². The summed E-state index contributed by atoms with van der Waals surface area (Å²) in [5, 5.41) is 10.6. The normalized spacial score (nSPS) is 29.0. The summed E-state index contributed by atoms with van der Waals surface area (Å²) in [6, 6.07) is 6.71. The zero-order valence-corrected chi connectivity index (χ0v) is 11.4. The third-order valence-electron chi connectivity index (χ3n) is 5.05. The molecular weight excluding hydrogens is 220 g/mol. The number of hydrogen-bond acceptors (Lipinski definition) is 1. The Hall–Kier alpha value is -0.820. The maximum absolute atomic E-state index is 10.6. The van der Waals surface area contributed by atoms with Gasteiger partial charge < -0.3 is 5.11 Å². The van der Waals surface area contributed by atoms with Gasteiger partial charge in [-0.3, -0.25) is 0 Å². The molecule has 1 fully saturated rings. The molecule has 98 valence electrons. The molecule has 0 aliphatic heterocycles. The van der Waals surface area contributed by atoms with Gasteiger partial charge in [-0.15, -0.1) is 0 Å². The summed E-state index contributed by atoms with van der Waals surface area (Å²) in [6.07, 6.45) is 8.59. The zero-order valence-electron chi connectivity index (χ0n) is 11.4. The van der Waals surface area contributed by atoms with E-state index < -0.39 is 0 Å². The summed E-state index contributed by atoms with van der Waals surface area (Å²) in [6.45, 7) is 2.29. The largest absolute Gasteiger partial charge is 0.388 e. The molecule has 0 bridgehead atoms. The predicted molar refractivity (Wildman–Crippen MR) is 74.5 cm³/mol. The van der Waals surface area contributed by atoms with Crippen LogP contribution in [0.2, 0.25) is 0 Å². The van der Waals surface area contributed by atoms with E-state index in [2.05, 4.69) is 25.1 Å². The average molecular weight is 244 g/mol. The fraction of sp³-hybridized carbons (Fsp3) is 0.647. The number of aliphatic hydroxyl groups is 1. The van der Waals surface area contributed by atoms with Crippen molar-refractivity contribution in [1.29, 1.82) is 0 Å². The smallest absolute Gasteiger partial charge is 0.0820 e. The van der Waals surface area contributed by atoms with E-state index in [1.54, 1.807) is 0 Å². The molecule has 0 aromatic heterocycles. The second-order valence-corrected chi connectivity index (χ2v) is 6.25. The van der Waals surface area contributed by atoms with Crippen molar-refractivity contribution in [2.75, 3.05) is 0 Å². The van der Waals surface area contributed by atoms with Gasteiger partial charge in [0.15, 0.2) is 0 Å². The summed E-state index contributed by atoms with van der Waals surface area (Å²) in [5.74, 6) is 1.16. The van der Waals surface area contributed by atoms with Gasteiger partial charge >= 0.3 is 0 Å². The Morgan fingerprint density at radius 2 is 1.83 bits per heavy atom. The highest BCUT2D eigenvalue weighted by Gasteiger charge is 2.30. The number of aryl methyl sites for hydroxylation is 2. The molecule has 0 radical (unpaired) electrons. The summed E-state index contributed by atoms with van der Waals surface area (Å²) in [4.78, 5) is 0. The highest BCUT2D eigenvalue weighted by Crippen LogP contribution is 2.40. The van der Waals surface area contributed by atoms with E-state index in [4.69, 9.17) is 0 Å². The van der Waals surface area contributed by atoms with Crippen LogP contribution in [0.1, 0.15) is 61.8 Å². The van der Waals surface area contributed by atoms with Gasteiger partial charge in [0.2, 0.25) is 0 Å². The lowest BCUT2D eigenvalue weighted by molar-refractivity contribution is 0.0899. The minimum absolute atomic E-state index is 0.241. The Kier molecular flexibility index (Phi) is 3.43. The molecule has 3 rings (SSSR count). The van der Waals surface area contributed by atoms with Gasteiger partial charge in [-0.05, 0) is 60.6 Å². The molecule has 18 heavy (non-hydrogen) atoms. The Morgan fingerprint density at radius 3 is 2.56 bits per heavy atom. The van der Waals surface area contributed by atoms with E-state index >= 15 is 0 Å². The Balaban J connectivity index is 1.83. The quantitative estimate of drug-likeness (QED) is 0.832. The van der Waals surface area contributed by atoms with Gasteiger partial charge in [0.25, 0.3) is 0 Å². The number of benzene rings is 1. The Bertz CT molecular complexity index is 424. The molecule has 2 aliphatic rings. The van der Waals surface area contributed by atoms with E-state index in [-0.39, 0.29) is 6.10 Å². The standard InChI is InChI=1S/C17H24O/c1-12-5-4-8-16(12)17(18)15-10-9-13-6-2-3-7-14(13)11-15/h9-12,16-18H,2-8H2,1H3. The molecule has 1 saturated carbocycles. The van der Waals surface area contributed by atoms with Gasteiger partial charge in [-0.2, -0.15) is 0 Å². The highest BCUT2D eigenvalue weighted by molar-refractivity contribution is 5.35. The third-order valence-corrected chi connectivity index (χ3v) is 5.05. The molecule has 0 saturated heterocycles. The first-order valence-electron chi connectivity index (χ1n) is 7.55. The van der Waals surface area contributed by atoms with Crippen LogP contribution < -0.4 is 0 Å². The fourth-order valence-corrected chi connectivity index (χ4v) is 3.83. The highest BCUT2D eigenvalue weighted by atomic mass is 16.3. The van der Waals surface area contributed by atoms with Crippen LogP contribution in [-0.2, 0) is 12.8 Å². The van der Waals surface area contributed by atoms with Crippen molar-refractivity contribution >= 4 is 0 Å². The molecule has 1 aromatic rings. The molecule has 1 heteroatoms. The maximum atomic E-state index is 10.6. The van der Waals surface area contributed by atoms with Crippen molar-refractivity contribution in [3.8, 4) is 0 Å². The predicted octanol–water partition coefficient (Wildman–Crippen LogP) is 4.04. The lowest BCUT2D eigenvalue weighted by Crippen LogP contribution is -2.16. The second kappa shape index (κ2) is 5.05. The van der Waals surface area contributed by atoms with Crippen LogP contribution in [0.15, 0.2) is 18.2 Å². The van der Waals surface area contributed by atoms with Crippen molar-refractivity contribution in [1.82, 2.24) is 0 Å². The molecule has 0 heterocycles. The van der Waals surface area contributed by atoms with Crippen molar-refractivity contribution in [2.45, 2.75) is 58.0 Å². The van der Waals surface area contributed by atoms with Gasteiger partial charge in [-0.25, -0.2) is 0 Å². The molecule has 1 N–H and O–H groups in total. The lowest BCUT2D eigenvalue weighted by Gasteiger charge is -2.24. The van der Waals surface area contributed by atoms with E-state index in [1.807, 2.05) is 0 Å². The van der Waals surface area contributed by atoms with Gasteiger partial charge in [0.05, 0.1) is 6.10 Å². The third kappa shape index (κ3) is 2.21. The SMILES string of the molecule is CC1CCCC1C(O)c1ccc2c(c1)CCCC2. The van der Waals surface area contributed by atoms with Crippen LogP contribution in [-0.4, -0.2) is 5.11 Å². The fourth-order valence-electron chi connectivity index (χ4n) is 3.83. The maximum Gasteiger partial charge on any atom is 0.0820 e. The molecule has 1 aromatic carbocycles. The van der Waals surface area contributed by atoms with Crippen LogP contribution in [0, 0.1) is 11.8 Å². The number of rotatable bonds is 2. The van der Waals surface area contributed by atoms with Crippen LogP contribution in [0.25, 0.3) is 0 Å². The van der Waals surface area contributed by atoms with Gasteiger partial charge in [0, 0.05) is 0 Å². The molecule has 2 aliphatic carbocycles. The van der Waals surface area contributed by atoms with Gasteiger partial charge in [0.1, 0.15) is 0 Å². The zero-order chi connectivity index (χ0) is 12.5. The monoisotopic (exact) mass is 244 g/mol. The van der Waals surface area contributed by atoms with E-state index in [9.17, 15) is 5.11 Å². The summed E-state index contributed by atoms with van der Waals surface area (Å²) in [7, 11) is 0. The molecule has 1 nitrogen and oxygen atoms in total.